The van der Waals surface area contributed by atoms with E-state index in [1.807, 2.05) is 39.0 Å². The highest BCUT2D eigenvalue weighted by molar-refractivity contribution is 8.26. The van der Waals surface area contributed by atoms with Crippen LogP contribution in [0.1, 0.15) is 37.0 Å². The fourth-order valence-corrected chi connectivity index (χ4v) is 6.19. The lowest BCUT2D eigenvalue weighted by atomic mass is 10.1. The molecule has 1 atom stereocenters. The zero-order valence-electron chi connectivity index (χ0n) is 21.4. The van der Waals surface area contributed by atoms with Gasteiger partial charge in [-0.1, -0.05) is 67.3 Å². The minimum Gasteiger partial charge on any atom is -0.353 e. The van der Waals surface area contributed by atoms with Crippen molar-refractivity contribution in [1.29, 1.82) is 0 Å². The second-order valence-corrected chi connectivity index (χ2v) is 11.3. The Balaban J connectivity index is 1.50. The number of piperazine rings is 1. The van der Waals surface area contributed by atoms with Crippen LogP contribution in [0.4, 0.5) is 5.82 Å². The Morgan fingerprint density at radius 3 is 2.51 bits per heavy atom. The molecule has 1 aromatic carbocycles. The molecule has 0 bridgehead atoms. The molecule has 0 N–H and O–H groups in total. The van der Waals surface area contributed by atoms with Crippen LogP contribution in [-0.2, 0) is 11.3 Å². The van der Waals surface area contributed by atoms with Crippen LogP contribution in [0.2, 0.25) is 0 Å². The lowest BCUT2D eigenvalue weighted by Crippen LogP contribution is -2.47. The summed E-state index contributed by atoms with van der Waals surface area (Å²) in [7, 11) is 0. The fourth-order valence-electron chi connectivity index (χ4n) is 4.75. The lowest BCUT2D eigenvalue weighted by Gasteiger charge is -2.36. The zero-order valence-corrected chi connectivity index (χ0v) is 23.0. The summed E-state index contributed by atoms with van der Waals surface area (Å²) in [6.07, 6.45) is 4.31. The number of benzene rings is 1. The lowest BCUT2D eigenvalue weighted by molar-refractivity contribution is -0.123. The molecule has 5 rings (SSSR count). The van der Waals surface area contributed by atoms with Crippen molar-refractivity contribution in [2.45, 2.75) is 39.8 Å². The van der Waals surface area contributed by atoms with Crippen LogP contribution in [0.5, 0.6) is 0 Å². The number of fused-ring (bicyclic) bond motifs is 1. The number of nitrogens with zero attached hydrogens (tertiary/aromatic N) is 5. The van der Waals surface area contributed by atoms with Crippen molar-refractivity contribution in [3.8, 4) is 0 Å². The molecule has 0 aliphatic carbocycles. The molecule has 2 aromatic heterocycles. The van der Waals surface area contributed by atoms with E-state index in [0.717, 1.165) is 44.7 Å². The number of rotatable bonds is 6. The van der Waals surface area contributed by atoms with Gasteiger partial charge in [0.05, 0.1) is 10.5 Å². The molecule has 0 saturated carbocycles. The maximum atomic E-state index is 13.8. The standard InChI is InChI=1S/C28H31N5O2S2/c1-4-20(3)33-27(35)23(37-28(33)36)16-22-25(29-24-11-10-19(2)17-32(24)26(22)34)31-14-12-30(13-15-31)18-21-8-6-5-7-9-21/h5-11,16-17,20H,4,12-15,18H2,1-3H3/b23-16+. The number of anilines is 1. The van der Waals surface area contributed by atoms with Gasteiger partial charge >= 0.3 is 0 Å². The van der Waals surface area contributed by atoms with Gasteiger partial charge < -0.3 is 4.90 Å². The molecule has 2 aliphatic heterocycles. The first-order valence-corrected chi connectivity index (χ1v) is 13.9. The van der Waals surface area contributed by atoms with Crippen LogP contribution in [-0.4, -0.2) is 61.6 Å². The maximum absolute atomic E-state index is 13.8. The van der Waals surface area contributed by atoms with E-state index in [-0.39, 0.29) is 17.5 Å². The number of pyridine rings is 1. The van der Waals surface area contributed by atoms with Crippen molar-refractivity contribution in [1.82, 2.24) is 19.2 Å². The van der Waals surface area contributed by atoms with E-state index in [9.17, 15) is 9.59 Å². The molecule has 2 fully saturated rings. The maximum Gasteiger partial charge on any atom is 0.267 e. The molecule has 7 nitrogen and oxygen atoms in total. The number of carbonyl (C=O) groups excluding carboxylic acids is 1. The highest BCUT2D eigenvalue weighted by atomic mass is 32.2. The van der Waals surface area contributed by atoms with Gasteiger partial charge in [0.2, 0.25) is 0 Å². The second kappa shape index (κ2) is 10.8. The van der Waals surface area contributed by atoms with Crippen molar-refractivity contribution < 1.29 is 4.79 Å². The highest BCUT2D eigenvalue weighted by Crippen LogP contribution is 2.35. The van der Waals surface area contributed by atoms with Gasteiger partial charge in [0.1, 0.15) is 15.8 Å². The molecule has 37 heavy (non-hydrogen) atoms. The van der Waals surface area contributed by atoms with E-state index >= 15 is 0 Å². The Labute approximate surface area is 226 Å². The summed E-state index contributed by atoms with van der Waals surface area (Å²) < 4.78 is 2.11. The number of amides is 1. The number of aryl methyl sites for hydroxylation is 1. The number of carbonyl (C=O) groups is 1. The van der Waals surface area contributed by atoms with Crippen molar-refractivity contribution in [2.24, 2.45) is 0 Å². The van der Waals surface area contributed by atoms with Crippen molar-refractivity contribution in [2.75, 3.05) is 31.1 Å². The van der Waals surface area contributed by atoms with E-state index < -0.39 is 0 Å². The van der Waals surface area contributed by atoms with Crippen LogP contribution >= 0.6 is 24.0 Å². The van der Waals surface area contributed by atoms with Gasteiger partial charge in [-0.3, -0.25) is 23.8 Å². The summed E-state index contributed by atoms with van der Waals surface area (Å²) in [5.41, 5.74) is 3.11. The molecule has 0 radical (unpaired) electrons. The first kappa shape index (κ1) is 25.6. The number of thioether (sulfide) groups is 1. The number of hydrogen-bond acceptors (Lipinski definition) is 7. The van der Waals surface area contributed by atoms with E-state index in [1.165, 1.54) is 17.3 Å². The van der Waals surface area contributed by atoms with Crippen LogP contribution in [0.15, 0.2) is 58.4 Å². The van der Waals surface area contributed by atoms with E-state index in [1.54, 1.807) is 21.6 Å². The molecular formula is C28H31N5O2S2. The van der Waals surface area contributed by atoms with Crippen molar-refractivity contribution in [3.05, 3.63) is 80.6 Å². The molecular weight excluding hydrogens is 502 g/mol. The third-order valence-electron chi connectivity index (χ3n) is 7.04. The average Bonchev–Trinajstić information content (AvgIpc) is 3.19. The van der Waals surface area contributed by atoms with Gasteiger partial charge in [-0.25, -0.2) is 4.98 Å². The average molecular weight is 534 g/mol. The van der Waals surface area contributed by atoms with E-state index in [2.05, 4.69) is 34.1 Å². The molecule has 192 valence electrons. The predicted octanol–water partition coefficient (Wildman–Crippen LogP) is 4.32. The van der Waals surface area contributed by atoms with Gasteiger partial charge in [-0.15, -0.1) is 0 Å². The summed E-state index contributed by atoms with van der Waals surface area (Å²) in [5, 5.41) is 0. The molecule has 4 heterocycles. The SMILES string of the molecule is CCC(C)N1C(=O)/C(=C\c2c(N3CCN(Cc4ccccc4)CC3)nc3ccc(C)cn3c2=O)SC1=S. The Hall–Kier alpha value is -3.01. The molecule has 3 aromatic rings. The Morgan fingerprint density at radius 1 is 1.08 bits per heavy atom. The van der Waals surface area contributed by atoms with Crippen LogP contribution < -0.4 is 10.5 Å². The van der Waals surface area contributed by atoms with Crippen molar-refractivity contribution >= 4 is 51.7 Å². The van der Waals surface area contributed by atoms with Gasteiger partial charge in [0.25, 0.3) is 11.5 Å². The van der Waals surface area contributed by atoms with Gasteiger partial charge in [-0.2, -0.15) is 0 Å². The van der Waals surface area contributed by atoms with Gasteiger partial charge in [0.15, 0.2) is 0 Å². The fraction of sp³-hybridized carbons (Fsp3) is 0.357. The number of thiocarbonyl (C=S) groups is 1. The zero-order chi connectivity index (χ0) is 26.1. The summed E-state index contributed by atoms with van der Waals surface area (Å²) in [6.45, 7) is 10.1. The predicted molar refractivity (Wildman–Crippen MR) is 155 cm³/mol. The largest absolute Gasteiger partial charge is 0.353 e. The number of aromatic nitrogens is 2. The van der Waals surface area contributed by atoms with Crippen LogP contribution in [0.3, 0.4) is 0 Å². The monoisotopic (exact) mass is 533 g/mol. The molecule has 1 amide bonds. The Morgan fingerprint density at radius 2 is 1.81 bits per heavy atom. The van der Waals surface area contributed by atoms with E-state index in [0.29, 0.717) is 26.3 Å². The minimum atomic E-state index is -0.177. The Bertz CT molecular complexity index is 1430. The summed E-state index contributed by atoms with van der Waals surface area (Å²) in [6, 6.07) is 14.3. The Kier molecular flexibility index (Phi) is 7.46. The highest BCUT2D eigenvalue weighted by Gasteiger charge is 2.35. The second-order valence-electron chi connectivity index (χ2n) is 9.65. The van der Waals surface area contributed by atoms with Crippen LogP contribution in [0.25, 0.3) is 11.7 Å². The molecule has 0 spiro atoms. The quantitative estimate of drug-likeness (QED) is 0.345. The summed E-state index contributed by atoms with van der Waals surface area (Å²) in [5.74, 6) is 0.485. The molecule has 2 aliphatic rings. The summed E-state index contributed by atoms with van der Waals surface area (Å²) >= 11 is 6.78. The first-order chi connectivity index (χ1) is 17.9. The topological polar surface area (TPSA) is 61.2 Å². The molecule has 1 unspecified atom stereocenters. The normalized spacial score (nSPS) is 18.8. The van der Waals surface area contributed by atoms with Gasteiger partial charge in [-0.05, 0) is 43.5 Å². The van der Waals surface area contributed by atoms with Gasteiger partial charge in [0, 0.05) is 45.0 Å². The minimum absolute atomic E-state index is 0.00837. The first-order valence-electron chi connectivity index (χ1n) is 12.7. The smallest absolute Gasteiger partial charge is 0.267 e. The summed E-state index contributed by atoms with van der Waals surface area (Å²) in [4.78, 5) is 38.7. The van der Waals surface area contributed by atoms with Crippen molar-refractivity contribution in [3.63, 3.8) is 0 Å². The molecule has 9 heteroatoms. The number of hydrogen-bond donors (Lipinski definition) is 0. The van der Waals surface area contributed by atoms with E-state index in [4.69, 9.17) is 17.2 Å². The van der Waals surface area contributed by atoms with Crippen LogP contribution in [0, 0.1) is 6.92 Å². The third-order valence-corrected chi connectivity index (χ3v) is 8.37. The molecule has 2 saturated heterocycles. The third kappa shape index (κ3) is 5.21.